The summed E-state index contributed by atoms with van der Waals surface area (Å²) < 4.78 is 0. The van der Waals surface area contributed by atoms with Crippen LogP contribution in [0.1, 0.15) is 28.8 Å². The normalized spacial score (nSPS) is 14.0. The zero-order chi connectivity index (χ0) is 16.1. The van der Waals surface area contributed by atoms with Gasteiger partial charge in [-0.3, -0.25) is 4.79 Å². The Morgan fingerprint density at radius 2 is 1.87 bits per heavy atom. The van der Waals surface area contributed by atoms with Crippen molar-refractivity contribution in [3.8, 4) is 0 Å². The molecule has 0 radical (unpaired) electrons. The number of nitrogens with two attached hydrogens (primary N) is 1. The Labute approximate surface area is 136 Å². The summed E-state index contributed by atoms with van der Waals surface area (Å²) in [6.07, 6.45) is 4.88. The van der Waals surface area contributed by atoms with Crippen LogP contribution in [0.3, 0.4) is 0 Å². The fraction of sp³-hybridized carbons (Fsp3) is 0.333. The molecule has 0 atom stereocenters. The van der Waals surface area contributed by atoms with Gasteiger partial charge in [0.2, 0.25) is 0 Å². The first-order valence-electron chi connectivity index (χ1n) is 8.06. The van der Waals surface area contributed by atoms with Gasteiger partial charge in [0.05, 0.1) is 5.56 Å². The second-order valence-electron chi connectivity index (χ2n) is 5.85. The van der Waals surface area contributed by atoms with Crippen LogP contribution in [0.2, 0.25) is 0 Å². The Balaban J connectivity index is 1.50. The maximum Gasteiger partial charge on any atom is 0.252 e. The number of hydrogen-bond donors (Lipinski definition) is 2. The van der Waals surface area contributed by atoms with Gasteiger partial charge < -0.3 is 16.0 Å². The third-order valence-electron chi connectivity index (χ3n) is 4.12. The summed E-state index contributed by atoms with van der Waals surface area (Å²) in [4.78, 5) is 18.8. The Kier molecular flexibility index (Phi) is 4.76. The summed E-state index contributed by atoms with van der Waals surface area (Å²) in [6.45, 7) is 2.71. The summed E-state index contributed by atoms with van der Waals surface area (Å²) >= 11 is 0. The van der Waals surface area contributed by atoms with Crippen molar-refractivity contribution in [2.24, 2.45) is 0 Å². The number of benzene rings is 1. The van der Waals surface area contributed by atoms with E-state index in [-0.39, 0.29) is 5.91 Å². The van der Waals surface area contributed by atoms with E-state index in [4.69, 9.17) is 5.73 Å². The molecule has 3 rings (SSSR count). The van der Waals surface area contributed by atoms with Crippen molar-refractivity contribution in [1.82, 2.24) is 10.3 Å². The molecule has 1 fully saturated rings. The molecule has 1 saturated heterocycles. The highest BCUT2D eigenvalue weighted by Crippen LogP contribution is 2.17. The Hall–Kier alpha value is -2.56. The van der Waals surface area contributed by atoms with Gasteiger partial charge in [0.1, 0.15) is 5.82 Å². The molecular formula is C18H22N4O. The van der Waals surface area contributed by atoms with Gasteiger partial charge in [-0.1, -0.05) is 12.1 Å². The van der Waals surface area contributed by atoms with E-state index in [1.54, 1.807) is 6.20 Å². The lowest BCUT2D eigenvalue weighted by molar-refractivity contribution is 0.0954. The molecule has 2 heterocycles. The van der Waals surface area contributed by atoms with Crippen molar-refractivity contribution in [3.63, 3.8) is 0 Å². The molecule has 0 spiro atoms. The number of rotatable bonds is 5. The van der Waals surface area contributed by atoms with Gasteiger partial charge in [-0.25, -0.2) is 4.98 Å². The molecule has 23 heavy (non-hydrogen) atoms. The summed E-state index contributed by atoms with van der Waals surface area (Å²) in [5, 5.41) is 2.93. The Morgan fingerprint density at radius 1 is 1.13 bits per heavy atom. The van der Waals surface area contributed by atoms with E-state index in [1.165, 1.54) is 12.8 Å². The van der Waals surface area contributed by atoms with Crippen LogP contribution < -0.4 is 16.0 Å². The molecule has 1 amide bonds. The predicted octanol–water partition coefficient (Wildman–Crippen LogP) is 2.24. The van der Waals surface area contributed by atoms with Gasteiger partial charge >= 0.3 is 0 Å². The third kappa shape index (κ3) is 4.00. The first-order valence-corrected chi connectivity index (χ1v) is 8.06. The molecule has 0 aliphatic carbocycles. The van der Waals surface area contributed by atoms with Crippen molar-refractivity contribution in [2.75, 3.05) is 30.3 Å². The fourth-order valence-electron chi connectivity index (χ4n) is 2.76. The molecule has 1 aliphatic rings. The Morgan fingerprint density at radius 3 is 2.52 bits per heavy atom. The van der Waals surface area contributed by atoms with Crippen LogP contribution in [0, 0.1) is 0 Å². The molecule has 1 aliphatic heterocycles. The minimum atomic E-state index is -0.0825. The lowest BCUT2D eigenvalue weighted by atomic mass is 10.1. The summed E-state index contributed by atoms with van der Waals surface area (Å²) in [5.74, 6) is 0.877. The second kappa shape index (κ2) is 7.13. The molecule has 0 unspecified atom stereocenters. The molecule has 3 N–H and O–H groups in total. The quantitative estimate of drug-likeness (QED) is 0.831. The zero-order valence-electron chi connectivity index (χ0n) is 13.2. The van der Waals surface area contributed by atoms with E-state index >= 15 is 0 Å². The van der Waals surface area contributed by atoms with Crippen LogP contribution in [0.15, 0.2) is 42.6 Å². The number of pyridine rings is 1. The highest BCUT2D eigenvalue weighted by molar-refractivity contribution is 5.94. The molecule has 1 aromatic carbocycles. The van der Waals surface area contributed by atoms with Crippen LogP contribution in [0.5, 0.6) is 0 Å². The number of anilines is 2. The maximum atomic E-state index is 12.1. The summed E-state index contributed by atoms with van der Waals surface area (Å²) in [5.41, 5.74) is 8.17. The maximum absolute atomic E-state index is 12.1. The SMILES string of the molecule is Nc1ccc(CCNC(=O)c2ccc(N3CCCC3)nc2)cc1. The van der Waals surface area contributed by atoms with Crippen LogP contribution in [0.4, 0.5) is 11.5 Å². The van der Waals surface area contributed by atoms with Crippen molar-refractivity contribution in [3.05, 3.63) is 53.7 Å². The minimum absolute atomic E-state index is 0.0825. The number of nitrogens with zero attached hydrogens (tertiary/aromatic N) is 2. The molecule has 0 bridgehead atoms. The number of hydrogen-bond acceptors (Lipinski definition) is 4. The topological polar surface area (TPSA) is 71.2 Å². The number of nitrogen functional groups attached to an aromatic ring is 1. The lowest BCUT2D eigenvalue weighted by Crippen LogP contribution is -2.26. The van der Waals surface area contributed by atoms with Crippen LogP contribution >= 0.6 is 0 Å². The lowest BCUT2D eigenvalue weighted by Gasteiger charge is -2.16. The van der Waals surface area contributed by atoms with E-state index in [0.29, 0.717) is 12.1 Å². The monoisotopic (exact) mass is 310 g/mol. The molecule has 0 saturated carbocycles. The fourth-order valence-corrected chi connectivity index (χ4v) is 2.76. The number of aromatic nitrogens is 1. The number of amides is 1. The first kappa shape index (κ1) is 15.3. The van der Waals surface area contributed by atoms with Crippen molar-refractivity contribution in [1.29, 1.82) is 0 Å². The average molecular weight is 310 g/mol. The van der Waals surface area contributed by atoms with E-state index in [9.17, 15) is 4.79 Å². The summed E-state index contributed by atoms with van der Waals surface area (Å²) in [7, 11) is 0. The standard InChI is InChI=1S/C18H22N4O/c19-16-6-3-14(4-7-16)9-10-20-18(23)15-5-8-17(21-13-15)22-11-1-2-12-22/h3-8,13H,1-2,9-12,19H2,(H,20,23). The van der Waals surface area contributed by atoms with Crippen molar-refractivity contribution < 1.29 is 4.79 Å². The van der Waals surface area contributed by atoms with Gasteiger partial charge in [-0.05, 0) is 49.1 Å². The number of carbonyl (C=O) groups excluding carboxylic acids is 1. The van der Waals surface area contributed by atoms with Crippen molar-refractivity contribution in [2.45, 2.75) is 19.3 Å². The molecule has 5 nitrogen and oxygen atoms in total. The second-order valence-corrected chi connectivity index (χ2v) is 5.85. The van der Waals surface area contributed by atoms with Gasteiger partial charge in [0.15, 0.2) is 0 Å². The minimum Gasteiger partial charge on any atom is -0.399 e. The largest absolute Gasteiger partial charge is 0.399 e. The number of carbonyl (C=O) groups is 1. The summed E-state index contributed by atoms with van der Waals surface area (Å²) in [6, 6.07) is 11.5. The molecule has 120 valence electrons. The van der Waals surface area contributed by atoms with E-state index in [2.05, 4.69) is 15.2 Å². The average Bonchev–Trinajstić information content (AvgIpc) is 3.11. The van der Waals surface area contributed by atoms with Crippen molar-refractivity contribution >= 4 is 17.4 Å². The molecular weight excluding hydrogens is 288 g/mol. The first-order chi connectivity index (χ1) is 11.2. The van der Waals surface area contributed by atoms with E-state index < -0.39 is 0 Å². The number of nitrogens with one attached hydrogen (secondary N) is 1. The third-order valence-corrected chi connectivity index (χ3v) is 4.12. The smallest absolute Gasteiger partial charge is 0.252 e. The highest BCUT2D eigenvalue weighted by atomic mass is 16.1. The van der Waals surface area contributed by atoms with Gasteiger partial charge in [0.25, 0.3) is 5.91 Å². The molecule has 1 aromatic heterocycles. The van der Waals surface area contributed by atoms with E-state index in [0.717, 1.165) is 36.6 Å². The van der Waals surface area contributed by atoms with E-state index in [1.807, 2.05) is 36.4 Å². The Bertz CT molecular complexity index is 646. The highest BCUT2D eigenvalue weighted by Gasteiger charge is 2.14. The van der Waals surface area contributed by atoms with Crippen LogP contribution in [0.25, 0.3) is 0 Å². The zero-order valence-corrected chi connectivity index (χ0v) is 13.2. The van der Waals surface area contributed by atoms with Gasteiger partial charge in [-0.2, -0.15) is 0 Å². The van der Waals surface area contributed by atoms with Crippen LogP contribution in [-0.2, 0) is 6.42 Å². The predicted molar refractivity (Wildman–Crippen MR) is 92.6 cm³/mol. The van der Waals surface area contributed by atoms with Crippen LogP contribution in [-0.4, -0.2) is 30.5 Å². The van der Waals surface area contributed by atoms with Gasteiger partial charge in [0, 0.05) is 31.5 Å². The molecule has 5 heteroatoms. The van der Waals surface area contributed by atoms with Gasteiger partial charge in [-0.15, -0.1) is 0 Å². The molecule has 2 aromatic rings.